The number of rotatable bonds is 2. The number of pyridine rings is 1. The Morgan fingerprint density at radius 3 is 2.79 bits per heavy atom. The van der Waals surface area contributed by atoms with Crippen molar-refractivity contribution in [3.8, 4) is 11.8 Å². The molecule has 1 atom stereocenters. The van der Waals surface area contributed by atoms with Crippen molar-refractivity contribution in [2.75, 3.05) is 49.6 Å². The molecule has 0 amide bonds. The highest BCUT2D eigenvalue weighted by atomic mass is 16.5. The minimum absolute atomic E-state index is 0.224. The summed E-state index contributed by atoms with van der Waals surface area (Å²) in [6, 6.07) is 8.43. The number of nitriles is 1. The van der Waals surface area contributed by atoms with Crippen LogP contribution in [0.2, 0.25) is 0 Å². The fourth-order valence-corrected chi connectivity index (χ4v) is 4.12. The van der Waals surface area contributed by atoms with E-state index in [2.05, 4.69) is 32.7 Å². The molecule has 1 unspecified atom stereocenters. The van der Waals surface area contributed by atoms with Crippen LogP contribution >= 0.6 is 0 Å². The van der Waals surface area contributed by atoms with Crippen LogP contribution in [0.15, 0.2) is 24.4 Å². The molecule has 0 radical (unpaired) electrons. The molecule has 0 saturated carbocycles. The molecule has 28 heavy (non-hydrogen) atoms. The number of hydrogen-bond acceptors (Lipinski definition) is 7. The molecule has 0 spiro atoms. The van der Waals surface area contributed by atoms with Crippen molar-refractivity contribution in [1.29, 1.82) is 5.26 Å². The summed E-state index contributed by atoms with van der Waals surface area (Å²) in [5.41, 5.74) is 4.68. The lowest BCUT2D eigenvalue weighted by atomic mass is 9.91. The maximum atomic E-state index is 9.73. The van der Waals surface area contributed by atoms with Gasteiger partial charge in [-0.3, -0.25) is 0 Å². The number of aromatic nitrogens is 1. The maximum absolute atomic E-state index is 9.73. The topological polar surface area (TPSA) is 82.4 Å². The number of fused-ring (bicyclic) bond motifs is 2. The molecule has 2 aromatic rings. The average molecular weight is 377 g/mol. The minimum Gasteiger partial charge on any atom is -0.482 e. The van der Waals surface area contributed by atoms with Crippen molar-refractivity contribution in [1.82, 2.24) is 10.3 Å². The largest absolute Gasteiger partial charge is 0.482 e. The number of ether oxygens (including phenoxy) is 2. The van der Waals surface area contributed by atoms with Gasteiger partial charge in [0.1, 0.15) is 18.0 Å². The van der Waals surface area contributed by atoms with Crippen LogP contribution in [-0.2, 0) is 4.74 Å². The van der Waals surface area contributed by atoms with E-state index in [-0.39, 0.29) is 6.10 Å². The molecule has 2 fully saturated rings. The van der Waals surface area contributed by atoms with E-state index in [1.165, 1.54) is 0 Å². The number of nitrogens with zero attached hydrogens (tertiary/aromatic N) is 3. The van der Waals surface area contributed by atoms with Gasteiger partial charge < -0.3 is 25.0 Å². The second-order valence-corrected chi connectivity index (χ2v) is 7.49. The lowest BCUT2D eigenvalue weighted by Gasteiger charge is -2.31. The smallest absolute Gasteiger partial charge is 0.161 e. The molecule has 5 rings (SSSR count). The van der Waals surface area contributed by atoms with Crippen molar-refractivity contribution in [2.45, 2.75) is 18.9 Å². The Morgan fingerprint density at radius 1 is 1.25 bits per heavy atom. The summed E-state index contributed by atoms with van der Waals surface area (Å²) in [5.74, 6) is 1.84. The Balaban J connectivity index is 1.59. The van der Waals surface area contributed by atoms with Crippen molar-refractivity contribution in [3.05, 3.63) is 41.1 Å². The van der Waals surface area contributed by atoms with E-state index in [0.717, 1.165) is 67.7 Å². The van der Waals surface area contributed by atoms with Gasteiger partial charge in [-0.2, -0.15) is 5.26 Å². The molecule has 2 N–H and O–H groups in total. The Labute approximate surface area is 164 Å². The fourth-order valence-electron chi connectivity index (χ4n) is 4.12. The lowest BCUT2D eigenvalue weighted by molar-refractivity contribution is 0.122. The Bertz CT molecular complexity index is 945. The first-order valence-electron chi connectivity index (χ1n) is 9.78. The van der Waals surface area contributed by atoms with Gasteiger partial charge in [0, 0.05) is 44.0 Å². The van der Waals surface area contributed by atoms with Gasteiger partial charge in [0.2, 0.25) is 0 Å². The molecule has 7 heteroatoms. The lowest BCUT2D eigenvalue weighted by Crippen LogP contribution is -2.39. The molecule has 4 heterocycles. The van der Waals surface area contributed by atoms with Gasteiger partial charge in [-0.25, -0.2) is 4.98 Å². The molecule has 2 saturated heterocycles. The zero-order chi connectivity index (χ0) is 19.1. The second-order valence-electron chi connectivity index (χ2n) is 7.49. The van der Waals surface area contributed by atoms with Crippen molar-refractivity contribution in [2.24, 2.45) is 0 Å². The summed E-state index contributed by atoms with van der Waals surface area (Å²) in [6.45, 7) is 7.03. The van der Waals surface area contributed by atoms with E-state index in [9.17, 15) is 5.26 Å². The number of anilines is 3. The van der Waals surface area contributed by atoms with Gasteiger partial charge in [-0.05, 0) is 30.7 Å². The molecule has 144 valence electrons. The first-order valence-corrected chi connectivity index (χ1v) is 9.78. The van der Waals surface area contributed by atoms with E-state index < -0.39 is 0 Å². The number of benzene rings is 1. The molecular formula is C21H23N5O2. The SMILES string of the molecule is CC1Oc2c(C#N)cc(C3CNC3)cc2Nc2nccc(N3CCOCC3)c21. The van der Waals surface area contributed by atoms with Crippen LogP contribution in [0.5, 0.6) is 5.75 Å². The van der Waals surface area contributed by atoms with Crippen LogP contribution in [0.25, 0.3) is 0 Å². The number of nitrogens with one attached hydrogen (secondary N) is 2. The predicted molar refractivity (Wildman–Crippen MR) is 106 cm³/mol. The maximum Gasteiger partial charge on any atom is 0.161 e. The van der Waals surface area contributed by atoms with Gasteiger partial charge in [0.15, 0.2) is 5.75 Å². The Kier molecular flexibility index (Phi) is 4.30. The third-order valence-corrected chi connectivity index (χ3v) is 5.76. The molecule has 7 nitrogen and oxygen atoms in total. The molecule has 0 bridgehead atoms. The fraction of sp³-hybridized carbons (Fsp3) is 0.429. The van der Waals surface area contributed by atoms with Crippen molar-refractivity contribution >= 4 is 17.2 Å². The third kappa shape index (κ3) is 2.86. The molecule has 0 aliphatic carbocycles. The number of hydrogen-bond donors (Lipinski definition) is 2. The summed E-state index contributed by atoms with van der Waals surface area (Å²) in [6.07, 6.45) is 1.61. The summed E-state index contributed by atoms with van der Waals surface area (Å²) < 4.78 is 11.8. The van der Waals surface area contributed by atoms with E-state index in [1.54, 1.807) is 0 Å². The van der Waals surface area contributed by atoms with Crippen LogP contribution < -0.4 is 20.3 Å². The van der Waals surface area contributed by atoms with E-state index in [0.29, 0.717) is 17.2 Å². The van der Waals surface area contributed by atoms with Crippen LogP contribution in [-0.4, -0.2) is 44.4 Å². The summed E-state index contributed by atoms with van der Waals surface area (Å²) in [7, 11) is 0. The standard InChI is InChI=1S/C21H23N5O2/c1-13-19-18(26-4-6-27-7-5-26)2-3-24-21(19)25-17-9-14(16-11-23-12-16)8-15(10-22)20(17)28-13/h2-3,8-9,13,16,23H,4-7,11-12H2,1H3,(H,24,25). The van der Waals surface area contributed by atoms with Gasteiger partial charge in [-0.1, -0.05) is 0 Å². The van der Waals surface area contributed by atoms with Crippen molar-refractivity contribution in [3.63, 3.8) is 0 Å². The Hall–Kier alpha value is -2.82. The van der Waals surface area contributed by atoms with Crippen LogP contribution in [0.4, 0.5) is 17.2 Å². The third-order valence-electron chi connectivity index (χ3n) is 5.76. The highest BCUT2D eigenvalue weighted by molar-refractivity contribution is 5.76. The monoisotopic (exact) mass is 377 g/mol. The zero-order valence-corrected chi connectivity index (χ0v) is 15.9. The molecule has 1 aromatic heterocycles. The summed E-state index contributed by atoms with van der Waals surface area (Å²) in [4.78, 5) is 6.92. The average Bonchev–Trinajstić information content (AvgIpc) is 2.82. The van der Waals surface area contributed by atoms with Crippen LogP contribution in [0.3, 0.4) is 0 Å². The first kappa shape index (κ1) is 17.3. The molecular weight excluding hydrogens is 354 g/mol. The molecule has 3 aliphatic rings. The minimum atomic E-state index is -0.224. The predicted octanol–water partition coefficient (Wildman–Crippen LogP) is 2.67. The second kappa shape index (κ2) is 6.97. The van der Waals surface area contributed by atoms with Gasteiger partial charge >= 0.3 is 0 Å². The van der Waals surface area contributed by atoms with Crippen LogP contribution in [0.1, 0.15) is 35.6 Å². The normalized spacial score (nSPS) is 21.3. The van der Waals surface area contributed by atoms with E-state index in [4.69, 9.17) is 9.47 Å². The highest BCUT2D eigenvalue weighted by Crippen LogP contribution is 2.44. The van der Waals surface area contributed by atoms with Gasteiger partial charge in [0.25, 0.3) is 0 Å². The Morgan fingerprint density at radius 2 is 2.07 bits per heavy atom. The van der Waals surface area contributed by atoms with E-state index in [1.807, 2.05) is 25.3 Å². The summed E-state index contributed by atoms with van der Waals surface area (Å²) in [5, 5.41) is 16.5. The zero-order valence-electron chi connectivity index (χ0n) is 15.9. The van der Waals surface area contributed by atoms with Gasteiger partial charge in [-0.15, -0.1) is 0 Å². The van der Waals surface area contributed by atoms with Crippen LogP contribution in [0, 0.1) is 11.3 Å². The quantitative estimate of drug-likeness (QED) is 0.833. The summed E-state index contributed by atoms with van der Waals surface area (Å²) >= 11 is 0. The molecule has 1 aromatic carbocycles. The highest BCUT2D eigenvalue weighted by Gasteiger charge is 2.30. The first-order chi connectivity index (χ1) is 13.7. The molecule has 3 aliphatic heterocycles. The number of morpholine rings is 1. The van der Waals surface area contributed by atoms with E-state index >= 15 is 0 Å². The van der Waals surface area contributed by atoms with Gasteiger partial charge in [0.05, 0.1) is 30.0 Å². The van der Waals surface area contributed by atoms with Crippen molar-refractivity contribution < 1.29 is 9.47 Å².